The highest BCUT2D eigenvalue weighted by Crippen LogP contribution is 2.54. The Kier molecular flexibility index (Phi) is 7.12. The van der Waals surface area contributed by atoms with Gasteiger partial charge >= 0.3 is 0 Å². The van der Waals surface area contributed by atoms with Crippen LogP contribution in [0.3, 0.4) is 0 Å². The van der Waals surface area contributed by atoms with Gasteiger partial charge in [0.2, 0.25) is 18.2 Å². The molecule has 0 aromatic heterocycles. The molecule has 0 aliphatic heterocycles. The van der Waals surface area contributed by atoms with E-state index in [9.17, 15) is 14.2 Å². The minimum atomic E-state index is -3.99. The third-order valence-electron chi connectivity index (χ3n) is 4.93. The summed E-state index contributed by atoms with van der Waals surface area (Å²) in [6.45, 7) is 11.4. The molecular weight excluding hydrogens is 450 g/mol. The van der Waals surface area contributed by atoms with Crippen LogP contribution >= 0.6 is 41.9 Å². The highest BCUT2D eigenvalue weighted by Gasteiger charge is 2.42. The van der Waals surface area contributed by atoms with Gasteiger partial charge in [-0.25, -0.2) is 0 Å². The summed E-state index contributed by atoms with van der Waals surface area (Å²) in [6, 6.07) is 6.52. The molecule has 0 aliphatic rings. The van der Waals surface area contributed by atoms with E-state index in [0.717, 1.165) is 5.56 Å². The molecule has 7 heteroatoms. The van der Waals surface area contributed by atoms with E-state index in [0.29, 0.717) is 16.7 Å². The van der Waals surface area contributed by atoms with Crippen molar-refractivity contribution in [2.75, 3.05) is 6.16 Å². The van der Waals surface area contributed by atoms with Crippen molar-refractivity contribution < 1.29 is 14.2 Å². The molecule has 0 aliphatic carbocycles. The number of halogens is 3. The average Bonchev–Trinajstić information content (AvgIpc) is 2.58. The van der Waals surface area contributed by atoms with Crippen molar-refractivity contribution in [1.82, 2.24) is 0 Å². The van der Waals surface area contributed by atoms with Crippen LogP contribution in [-0.2, 0) is 9.98 Å². The van der Waals surface area contributed by atoms with Crippen molar-refractivity contribution in [3.05, 3.63) is 67.2 Å². The number of hydrogen-bond donors (Lipinski definition) is 0. The zero-order valence-corrected chi connectivity index (χ0v) is 20.5. The molecule has 0 bridgehead atoms. The molecule has 156 valence electrons. The highest BCUT2D eigenvalue weighted by atomic mass is 35.5. The van der Waals surface area contributed by atoms with E-state index in [1.54, 1.807) is 20.8 Å². The zero-order chi connectivity index (χ0) is 22.3. The molecule has 0 saturated heterocycles. The second-order valence-electron chi connectivity index (χ2n) is 8.15. The molecule has 1 unspecified atom stereocenters. The molecule has 2 aromatic carbocycles. The Morgan fingerprint density at radius 2 is 1.28 bits per heavy atom. The first-order chi connectivity index (χ1) is 13.2. The summed E-state index contributed by atoms with van der Waals surface area (Å²) in [5, 5.41) is 0.203. The van der Waals surface area contributed by atoms with Crippen LogP contribution in [0.1, 0.15) is 65.1 Å². The Bertz CT molecular complexity index is 1010. The minimum absolute atomic E-state index is 0.0227. The standard InChI is InChI=1S/C22H24Cl3O3P/c1-7-29(28,21(27)19-16(24)10-15(23)11-17(19)25)20(26)18-12(2)8-14(9-13(18)3)22(4,5)6/h8-11H,7H2,1-6H3. The average molecular weight is 474 g/mol. The highest BCUT2D eigenvalue weighted by molar-refractivity contribution is 7.95. The van der Waals surface area contributed by atoms with Crippen molar-refractivity contribution in [3.63, 3.8) is 0 Å². The van der Waals surface area contributed by atoms with Gasteiger partial charge in [-0.2, -0.15) is 0 Å². The Morgan fingerprint density at radius 3 is 1.66 bits per heavy atom. The molecule has 2 rings (SSSR count). The van der Waals surface area contributed by atoms with Gasteiger partial charge in [-0.1, -0.05) is 74.6 Å². The van der Waals surface area contributed by atoms with Gasteiger partial charge < -0.3 is 4.57 Å². The van der Waals surface area contributed by atoms with Crippen molar-refractivity contribution in [3.8, 4) is 0 Å². The third-order valence-corrected chi connectivity index (χ3v) is 8.40. The first-order valence-electron chi connectivity index (χ1n) is 9.19. The van der Waals surface area contributed by atoms with Gasteiger partial charge in [0, 0.05) is 16.7 Å². The molecule has 0 amide bonds. The summed E-state index contributed by atoms with van der Waals surface area (Å²) in [5.74, 6) is 0. The second-order valence-corrected chi connectivity index (χ2v) is 12.3. The summed E-state index contributed by atoms with van der Waals surface area (Å²) in [5.41, 5.74) is 1.02. The fraction of sp³-hybridized carbons (Fsp3) is 0.364. The lowest BCUT2D eigenvalue weighted by Crippen LogP contribution is -2.17. The second kappa shape index (κ2) is 8.55. The topological polar surface area (TPSA) is 51.2 Å². The molecule has 1 atom stereocenters. The van der Waals surface area contributed by atoms with E-state index in [4.69, 9.17) is 34.8 Å². The number of carbonyl (C=O) groups excluding carboxylic acids is 2. The lowest BCUT2D eigenvalue weighted by molar-refractivity contribution is 0.103. The summed E-state index contributed by atoms with van der Waals surface area (Å²) >= 11 is 18.2. The maximum Gasteiger partial charge on any atom is 0.231 e. The van der Waals surface area contributed by atoms with E-state index in [2.05, 4.69) is 20.8 Å². The Labute approximate surface area is 187 Å². The summed E-state index contributed by atoms with van der Waals surface area (Å²) in [4.78, 5) is 26.6. The summed E-state index contributed by atoms with van der Waals surface area (Å²) in [7, 11) is -3.99. The Balaban J connectivity index is 2.64. The first-order valence-corrected chi connectivity index (χ1v) is 12.2. The Hall–Kier alpha value is -1.12. The number of hydrogen-bond acceptors (Lipinski definition) is 3. The van der Waals surface area contributed by atoms with Crippen molar-refractivity contribution in [2.24, 2.45) is 0 Å². The van der Waals surface area contributed by atoms with E-state index < -0.39 is 18.2 Å². The van der Waals surface area contributed by atoms with Crippen LogP contribution in [0.5, 0.6) is 0 Å². The largest absolute Gasteiger partial charge is 0.307 e. The molecule has 0 saturated carbocycles. The zero-order valence-electron chi connectivity index (χ0n) is 17.3. The smallest absolute Gasteiger partial charge is 0.231 e. The molecule has 29 heavy (non-hydrogen) atoms. The van der Waals surface area contributed by atoms with Crippen LogP contribution in [0.15, 0.2) is 24.3 Å². The monoisotopic (exact) mass is 472 g/mol. The summed E-state index contributed by atoms with van der Waals surface area (Å²) in [6.07, 6.45) is -0.125. The van der Waals surface area contributed by atoms with Crippen LogP contribution < -0.4 is 0 Å². The normalized spacial score (nSPS) is 13.8. The van der Waals surface area contributed by atoms with E-state index in [1.165, 1.54) is 12.1 Å². The Morgan fingerprint density at radius 1 is 0.862 bits per heavy atom. The number of carbonyl (C=O) groups is 2. The summed E-state index contributed by atoms with van der Waals surface area (Å²) < 4.78 is 13.7. The minimum Gasteiger partial charge on any atom is -0.307 e. The lowest BCUT2D eigenvalue weighted by Gasteiger charge is -2.23. The fourth-order valence-electron chi connectivity index (χ4n) is 3.22. The van der Waals surface area contributed by atoms with E-state index in [-0.39, 0.29) is 32.2 Å². The van der Waals surface area contributed by atoms with Crippen LogP contribution in [0.2, 0.25) is 15.1 Å². The molecule has 0 spiro atoms. The molecule has 2 aromatic rings. The first kappa shape index (κ1) is 24.2. The molecule has 0 heterocycles. The predicted molar refractivity (Wildman–Crippen MR) is 123 cm³/mol. The molecule has 0 N–H and O–H groups in total. The third kappa shape index (κ3) is 4.64. The van der Waals surface area contributed by atoms with Gasteiger partial charge in [0.25, 0.3) is 0 Å². The number of rotatable bonds is 5. The fourth-order valence-corrected chi connectivity index (χ4v) is 6.42. The van der Waals surface area contributed by atoms with Gasteiger partial charge in [-0.15, -0.1) is 0 Å². The van der Waals surface area contributed by atoms with E-state index in [1.807, 2.05) is 12.1 Å². The molecule has 3 nitrogen and oxygen atoms in total. The van der Waals surface area contributed by atoms with Gasteiger partial charge in [-0.3, -0.25) is 9.59 Å². The number of aryl methyl sites for hydroxylation is 2. The van der Waals surface area contributed by atoms with Crippen LogP contribution in [0.4, 0.5) is 0 Å². The van der Waals surface area contributed by atoms with Crippen LogP contribution in [-0.4, -0.2) is 17.2 Å². The van der Waals surface area contributed by atoms with Crippen molar-refractivity contribution in [2.45, 2.75) is 47.0 Å². The van der Waals surface area contributed by atoms with Crippen molar-refractivity contribution >= 4 is 53.0 Å². The maximum absolute atomic E-state index is 13.7. The van der Waals surface area contributed by atoms with Crippen LogP contribution in [0, 0.1) is 13.8 Å². The molecule has 0 radical (unpaired) electrons. The molecular formula is C22H24Cl3O3P. The van der Waals surface area contributed by atoms with Crippen LogP contribution in [0.25, 0.3) is 0 Å². The lowest BCUT2D eigenvalue weighted by atomic mass is 9.84. The van der Waals surface area contributed by atoms with Crippen molar-refractivity contribution in [1.29, 1.82) is 0 Å². The van der Waals surface area contributed by atoms with Gasteiger partial charge in [0.15, 0.2) is 0 Å². The molecule has 0 fully saturated rings. The quantitative estimate of drug-likeness (QED) is 0.414. The van der Waals surface area contributed by atoms with Gasteiger partial charge in [0.1, 0.15) is 0 Å². The van der Waals surface area contributed by atoms with Gasteiger partial charge in [-0.05, 0) is 48.1 Å². The SMILES string of the molecule is CCP(=O)(C(=O)c1c(C)cc(C(C)(C)C)cc1C)C(=O)c1c(Cl)cc(Cl)cc1Cl. The van der Waals surface area contributed by atoms with Gasteiger partial charge in [0.05, 0.1) is 15.6 Å². The maximum atomic E-state index is 13.7. The van der Waals surface area contributed by atoms with E-state index >= 15 is 0 Å². The predicted octanol–water partition coefficient (Wildman–Crippen LogP) is 7.92. The number of benzene rings is 2.